The Morgan fingerprint density at radius 1 is 1.24 bits per heavy atom. The number of aromatic amines is 1. The molecule has 0 radical (unpaired) electrons. The molecule has 6 heteroatoms. The molecule has 1 atom stereocenters. The Morgan fingerprint density at radius 3 is 2.88 bits per heavy atom. The lowest BCUT2D eigenvalue weighted by atomic mass is 10.1. The van der Waals surface area contributed by atoms with Crippen LogP contribution in [0, 0.1) is 0 Å². The minimum Gasteiger partial charge on any atom is -0.350 e. The minimum absolute atomic E-state index is 0.0283. The molecule has 0 aliphatic carbocycles. The summed E-state index contributed by atoms with van der Waals surface area (Å²) in [5.41, 5.74) is 1.50. The van der Waals surface area contributed by atoms with Gasteiger partial charge >= 0.3 is 0 Å². The van der Waals surface area contributed by atoms with Gasteiger partial charge in [0.25, 0.3) is 5.56 Å². The van der Waals surface area contributed by atoms with Crippen molar-refractivity contribution in [2.45, 2.75) is 32.2 Å². The summed E-state index contributed by atoms with van der Waals surface area (Å²) in [6.07, 6.45) is 4.99. The zero-order valence-electron chi connectivity index (χ0n) is 14.0. The Labute approximate surface area is 145 Å². The van der Waals surface area contributed by atoms with Crippen LogP contribution in [0.5, 0.6) is 0 Å². The molecule has 0 fully saturated rings. The first-order valence-electron chi connectivity index (χ1n) is 8.31. The van der Waals surface area contributed by atoms with E-state index in [1.165, 1.54) is 0 Å². The van der Waals surface area contributed by atoms with Crippen molar-refractivity contribution in [3.05, 3.63) is 70.5 Å². The summed E-state index contributed by atoms with van der Waals surface area (Å²) in [4.78, 5) is 35.4. The summed E-state index contributed by atoms with van der Waals surface area (Å²) in [6, 6.07) is 10.9. The summed E-state index contributed by atoms with van der Waals surface area (Å²) in [5.74, 6) is 0.580. The van der Waals surface area contributed by atoms with Crippen molar-refractivity contribution in [3.63, 3.8) is 0 Å². The van der Waals surface area contributed by atoms with Crippen LogP contribution in [0.25, 0.3) is 10.9 Å². The number of nitrogens with one attached hydrogen (secondary N) is 2. The SMILES string of the molecule is CC(NC(=O)CCCc1nc2ccccc2c(=O)[nH]1)c1cccnc1. The molecule has 1 amide bonds. The van der Waals surface area contributed by atoms with Crippen molar-refractivity contribution in [1.82, 2.24) is 20.3 Å². The van der Waals surface area contributed by atoms with Gasteiger partial charge in [-0.05, 0) is 37.1 Å². The number of rotatable bonds is 6. The Kier molecular flexibility index (Phi) is 5.18. The number of aromatic nitrogens is 3. The molecule has 25 heavy (non-hydrogen) atoms. The summed E-state index contributed by atoms with van der Waals surface area (Å²) >= 11 is 0. The maximum atomic E-state index is 12.1. The zero-order valence-corrected chi connectivity index (χ0v) is 14.0. The van der Waals surface area contributed by atoms with Crippen LogP contribution < -0.4 is 10.9 Å². The Bertz CT molecular complexity index is 921. The first-order valence-corrected chi connectivity index (χ1v) is 8.31. The molecule has 128 valence electrons. The van der Waals surface area contributed by atoms with Crippen LogP contribution in [0.2, 0.25) is 0 Å². The van der Waals surface area contributed by atoms with Gasteiger partial charge < -0.3 is 10.3 Å². The molecule has 1 unspecified atom stereocenters. The normalized spacial score (nSPS) is 12.0. The van der Waals surface area contributed by atoms with E-state index in [1.807, 2.05) is 37.3 Å². The number of aryl methyl sites for hydroxylation is 1. The largest absolute Gasteiger partial charge is 0.350 e. The molecule has 0 saturated carbocycles. The maximum absolute atomic E-state index is 12.1. The predicted molar refractivity (Wildman–Crippen MR) is 96.1 cm³/mol. The number of hydrogen-bond acceptors (Lipinski definition) is 4. The van der Waals surface area contributed by atoms with Gasteiger partial charge in [0.2, 0.25) is 5.91 Å². The molecule has 0 spiro atoms. The lowest BCUT2D eigenvalue weighted by Gasteiger charge is -2.13. The molecule has 1 aromatic carbocycles. The number of H-pyrrole nitrogens is 1. The highest BCUT2D eigenvalue weighted by molar-refractivity contribution is 5.77. The van der Waals surface area contributed by atoms with E-state index < -0.39 is 0 Å². The molecule has 0 saturated heterocycles. The fourth-order valence-corrected chi connectivity index (χ4v) is 2.70. The predicted octanol–water partition coefficient (Wildman–Crippen LogP) is 2.52. The second-order valence-corrected chi connectivity index (χ2v) is 5.96. The number of para-hydroxylation sites is 1. The maximum Gasteiger partial charge on any atom is 0.258 e. The van der Waals surface area contributed by atoms with E-state index in [4.69, 9.17) is 0 Å². The lowest BCUT2D eigenvalue weighted by Crippen LogP contribution is -2.26. The molecular weight excluding hydrogens is 316 g/mol. The van der Waals surface area contributed by atoms with E-state index in [0.29, 0.717) is 36.0 Å². The molecule has 0 bridgehead atoms. The van der Waals surface area contributed by atoms with E-state index in [2.05, 4.69) is 20.3 Å². The van der Waals surface area contributed by atoms with Gasteiger partial charge in [-0.1, -0.05) is 18.2 Å². The number of carbonyl (C=O) groups excluding carboxylic acids is 1. The van der Waals surface area contributed by atoms with Gasteiger partial charge in [-0.25, -0.2) is 4.98 Å². The van der Waals surface area contributed by atoms with E-state index >= 15 is 0 Å². The van der Waals surface area contributed by atoms with Crippen molar-refractivity contribution in [3.8, 4) is 0 Å². The van der Waals surface area contributed by atoms with E-state index in [-0.39, 0.29) is 17.5 Å². The van der Waals surface area contributed by atoms with E-state index in [1.54, 1.807) is 18.5 Å². The van der Waals surface area contributed by atoms with E-state index in [0.717, 1.165) is 5.56 Å². The highest BCUT2D eigenvalue weighted by atomic mass is 16.1. The van der Waals surface area contributed by atoms with Crippen LogP contribution in [0.15, 0.2) is 53.6 Å². The van der Waals surface area contributed by atoms with Crippen LogP contribution in [0.3, 0.4) is 0 Å². The van der Waals surface area contributed by atoms with Crippen molar-refractivity contribution >= 4 is 16.8 Å². The van der Waals surface area contributed by atoms with Gasteiger partial charge in [0, 0.05) is 25.2 Å². The molecule has 0 aliphatic heterocycles. The van der Waals surface area contributed by atoms with Crippen LogP contribution in [0.1, 0.15) is 37.2 Å². The monoisotopic (exact) mass is 336 g/mol. The zero-order chi connectivity index (χ0) is 17.6. The molecule has 0 aliphatic rings. The van der Waals surface area contributed by atoms with Crippen molar-refractivity contribution in [2.75, 3.05) is 0 Å². The summed E-state index contributed by atoms with van der Waals surface area (Å²) in [7, 11) is 0. The minimum atomic E-state index is -0.143. The van der Waals surface area contributed by atoms with Crippen LogP contribution >= 0.6 is 0 Å². The molecule has 2 heterocycles. The third-order valence-corrected chi connectivity index (χ3v) is 4.04. The van der Waals surface area contributed by atoms with Crippen molar-refractivity contribution in [2.24, 2.45) is 0 Å². The van der Waals surface area contributed by atoms with Crippen molar-refractivity contribution < 1.29 is 4.79 Å². The van der Waals surface area contributed by atoms with Crippen LogP contribution in [-0.2, 0) is 11.2 Å². The van der Waals surface area contributed by atoms with E-state index in [9.17, 15) is 9.59 Å². The first-order chi connectivity index (χ1) is 12.1. The lowest BCUT2D eigenvalue weighted by molar-refractivity contribution is -0.121. The highest BCUT2D eigenvalue weighted by Crippen LogP contribution is 2.11. The average molecular weight is 336 g/mol. The first kappa shape index (κ1) is 16.8. The van der Waals surface area contributed by atoms with Crippen LogP contribution in [-0.4, -0.2) is 20.9 Å². The van der Waals surface area contributed by atoms with Gasteiger partial charge in [0.1, 0.15) is 5.82 Å². The van der Waals surface area contributed by atoms with Gasteiger partial charge in [-0.15, -0.1) is 0 Å². The molecule has 3 rings (SSSR count). The summed E-state index contributed by atoms with van der Waals surface area (Å²) in [5, 5.41) is 3.53. The fraction of sp³-hybridized carbons (Fsp3) is 0.263. The second kappa shape index (κ2) is 7.70. The number of carbonyl (C=O) groups is 1. The Balaban J connectivity index is 1.54. The van der Waals surface area contributed by atoms with Gasteiger partial charge in [-0.3, -0.25) is 14.6 Å². The number of pyridine rings is 1. The molecule has 3 aromatic rings. The van der Waals surface area contributed by atoms with Gasteiger partial charge in [0.05, 0.1) is 16.9 Å². The van der Waals surface area contributed by atoms with Gasteiger partial charge in [-0.2, -0.15) is 0 Å². The van der Waals surface area contributed by atoms with Gasteiger partial charge in [0.15, 0.2) is 0 Å². The number of amides is 1. The number of nitrogens with zero attached hydrogens (tertiary/aromatic N) is 2. The number of benzene rings is 1. The number of hydrogen-bond donors (Lipinski definition) is 2. The third kappa shape index (κ3) is 4.29. The highest BCUT2D eigenvalue weighted by Gasteiger charge is 2.10. The number of fused-ring (bicyclic) bond motifs is 1. The Hall–Kier alpha value is -3.02. The molecule has 6 nitrogen and oxygen atoms in total. The van der Waals surface area contributed by atoms with Crippen LogP contribution in [0.4, 0.5) is 0 Å². The average Bonchev–Trinajstić information content (AvgIpc) is 2.62. The third-order valence-electron chi connectivity index (χ3n) is 4.04. The topological polar surface area (TPSA) is 87.7 Å². The fourth-order valence-electron chi connectivity index (χ4n) is 2.70. The molecule has 2 aromatic heterocycles. The molecule has 2 N–H and O–H groups in total. The second-order valence-electron chi connectivity index (χ2n) is 5.96. The Morgan fingerprint density at radius 2 is 2.08 bits per heavy atom. The molecular formula is C19H20N4O2. The standard InChI is InChI=1S/C19H20N4O2/c1-13(14-6-5-11-20-12-14)21-18(24)10-4-9-17-22-16-8-3-2-7-15(16)19(25)23-17/h2-3,5-8,11-13H,4,9-10H2,1H3,(H,21,24)(H,22,23,25). The quantitative estimate of drug-likeness (QED) is 0.724. The summed E-state index contributed by atoms with van der Waals surface area (Å²) < 4.78 is 0. The smallest absolute Gasteiger partial charge is 0.258 e. The summed E-state index contributed by atoms with van der Waals surface area (Å²) in [6.45, 7) is 1.93. The van der Waals surface area contributed by atoms with Crippen molar-refractivity contribution in [1.29, 1.82) is 0 Å².